The first-order valence-corrected chi connectivity index (χ1v) is 6.25. The fraction of sp³-hybridized carbons (Fsp3) is 0.700. The highest BCUT2D eigenvalue weighted by molar-refractivity contribution is 6.29. The molecule has 0 fully saturated rings. The monoisotopic (exact) mass is 216 g/mol. The van der Waals surface area contributed by atoms with Crippen LogP contribution in [0.5, 0.6) is 0 Å². The SMILES string of the molecule is C=CC(=O)OC(CC)[SiH2]OC(C)(C)C. The van der Waals surface area contributed by atoms with Crippen molar-refractivity contribution >= 4 is 15.7 Å². The van der Waals surface area contributed by atoms with E-state index in [9.17, 15) is 4.79 Å². The fourth-order valence-corrected chi connectivity index (χ4v) is 1.94. The largest absolute Gasteiger partial charge is 0.461 e. The molecule has 1 atom stereocenters. The molecular weight excluding hydrogens is 196 g/mol. The lowest BCUT2D eigenvalue weighted by atomic mass is 10.2. The number of hydrogen-bond acceptors (Lipinski definition) is 3. The van der Waals surface area contributed by atoms with E-state index in [1.165, 1.54) is 6.08 Å². The summed E-state index contributed by atoms with van der Waals surface area (Å²) in [5, 5.41) is 0. The van der Waals surface area contributed by atoms with Crippen LogP contribution in [0.3, 0.4) is 0 Å². The van der Waals surface area contributed by atoms with Gasteiger partial charge in [-0.05, 0) is 27.2 Å². The quantitative estimate of drug-likeness (QED) is 0.395. The zero-order valence-corrected chi connectivity index (χ0v) is 10.9. The van der Waals surface area contributed by atoms with Gasteiger partial charge in [-0.3, -0.25) is 0 Å². The van der Waals surface area contributed by atoms with Gasteiger partial charge in [0.1, 0.15) is 5.73 Å². The second kappa shape index (κ2) is 5.98. The molecule has 0 aromatic rings. The highest BCUT2D eigenvalue weighted by Crippen LogP contribution is 2.08. The van der Waals surface area contributed by atoms with Crippen molar-refractivity contribution in [2.24, 2.45) is 0 Å². The summed E-state index contributed by atoms with van der Waals surface area (Å²) in [7, 11) is -0.822. The van der Waals surface area contributed by atoms with E-state index in [4.69, 9.17) is 9.16 Å². The van der Waals surface area contributed by atoms with Crippen LogP contribution < -0.4 is 0 Å². The van der Waals surface area contributed by atoms with Crippen LogP contribution in [-0.4, -0.2) is 27.1 Å². The summed E-state index contributed by atoms with van der Waals surface area (Å²) in [6.07, 6.45) is 2.00. The van der Waals surface area contributed by atoms with E-state index in [1.54, 1.807) is 0 Å². The normalized spacial score (nSPS) is 14.3. The molecule has 1 unspecified atom stereocenters. The summed E-state index contributed by atoms with van der Waals surface area (Å²) in [5.41, 5.74) is -0.181. The van der Waals surface area contributed by atoms with Gasteiger partial charge in [0.05, 0.1) is 0 Å². The van der Waals surface area contributed by atoms with Gasteiger partial charge in [-0.1, -0.05) is 13.5 Å². The number of carbonyl (C=O) groups is 1. The molecule has 0 rings (SSSR count). The minimum absolute atomic E-state index is 0.0419. The van der Waals surface area contributed by atoms with Gasteiger partial charge in [0.15, 0.2) is 0 Å². The summed E-state index contributed by atoms with van der Waals surface area (Å²) >= 11 is 0. The second-order valence-corrected chi connectivity index (χ2v) is 5.63. The predicted octanol–water partition coefficient (Wildman–Crippen LogP) is 1.35. The molecule has 14 heavy (non-hydrogen) atoms. The van der Waals surface area contributed by atoms with Gasteiger partial charge in [0, 0.05) is 11.7 Å². The molecule has 0 aliphatic carbocycles. The summed E-state index contributed by atoms with van der Waals surface area (Å²) in [6.45, 7) is 11.3. The van der Waals surface area contributed by atoms with E-state index in [1.807, 2.05) is 27.7 Å². The number of esters is 1. The minimum atomic E-state index is -0.822. The van der Waals surface area contributed by atoms with Crippen molar-refractivity contribution in [1.29, 1.82) is 0 Å². The number of rotatable bonds is 5. The average Bonchev–Trinajstić information content (AvgIpc) is 2.10. The maximum Gasteiger partial charge on any atom is 0.330 e. The van der Waals surface area contributed by atoms with Crippen LogP contribution >= 0.6 is 0 Å². The summed E-state index contributed by atoms with van der Waals surface area (Å²) < 4.78 is 10.8. The Morgan fingerprint density at radius 2 is 2.14 bits per heavy atom. The molecule has 0 aromatic carbocycles. The lowest BCUT2D eigenvalue weighted by molar-refractivity contribution is -0.140. The molecule has 0 radical (unpaired) electrons. The topological polar surface area (TPSA) is 35.5 Å². The molecule has 0 saturated carbocycles. The van der Waals surface area contributed by atoms with Crippen molar-refractivity contribution in [3.8, 4) is 0 Å². The van der Waals surface area contributed by atoms with Crippen LogP contribution in [0, 0.1) is 0 Å². The van der Waals surface area contributed by atoms with Crippen LogP contribution in [0.1, 0.15) is 34.1 Å². The molecule has 3 nitrogen and oxygen atoms in total. The van der Waals surface area contributed by atoms with Crippen LogP contribution in [0.25, 0.3) is 0 Å². The predicted molar refractivity (Wildman–Crippen MR) is 59.8 cm³/mol. The summed E-state index contributed by atoms with van der Waals surface area (Å²) in [5.74, 6) is -0.359. The first kappa shape index (κ1) is 13.4. The Kier molecular flexibility index (Phi) is 5.72. The van der Waals surface area contributed by atoms with Crippen LogP contribution in [-0.2, 0) is 14.0 Å². The van der Waals surface area contributed by atoms with Crippen molar-refractivity contribution in [2.45, 2.75) is 45.4 Å². The highest BCUT2D eigenvalue weighted by atomic mass is 28.2. The number of hydrogen-bond donors (Lipinski definition) is 0. The smallest absolute Gasteiger partial charge is 0.330 e. The molecule has 0 N–H and O–H groups in total. The van der Waals surface area contributed by atoms with Gasteiger partial charge in [-0.2, -0.15) is 0 Å². The third kappa shape index (κ3) is 6.86. The lowest BCUT2D eigenvalue weighted by Crippen LogP contribution is -2.31. The molecule has 0 heterocycles. The Morgan fingerprint density at radius 1 is 1.57 bits per heavy atom. The van der Waals surface area contributed by atoms with Gasteiger partial charge in [-0.15, -0.1) is 0 Å². The molecule has 82 valence electrons. The third-order valence-corrected chi connectivity index (χ3v) is 3.76. The Morgan fingerprint density at radius 3 is 2.50 bits per heavy atom. The summed E-state index contributed by atoms with van der Waals surface area (Å²) in [6, 6.07) is 0. The highest BCUT2D eigenvalue weighted by Gasteiger charge is 2.16. The van der Waals surface area contributed by atoms with E-state index >= 15 is 0 Å². The van der Waals surface area contributed by atoms with E-state index in [-0.39, 0.29) is 17.3 Å². The van der Waals surface area contributed by atoms with E-state index in [0.717, 1.165) is 6.42 Å². The molecule has 0 spiro atoms. The van der Waals surface area contributed by atoms with Crippen LogP contribution in [0.4, 0.5) is 0 Å². The zero-order valence-electron chi connectivity index (χ0n) is 9.50. The van der Waals surface area contributed by atoms with Crippen molar-refractivity contribution in [2.75, 3.05) is 0 Å². The van der Waals surface area contributed by atoms with Gasteiger partial charge in [-0.25, -0.2) is 4.79 Å². The molecule has 0 aliphatic heterocycles. The number of ether oxygens (including phenoxy) is 1. The molecular formula is C10H20O3Si. The molecule has 0 aliphatic rings. The van der Waals surface area contributed by atoms with Gasteiger partial charge >= 0.3 is 5.97 Å². The van der Waals surface area contributed by atoms with Gasteiger partial charge < -0.3 is 9.16 Å². The van der Waals surface area contributed by atoms with Crippen molar-refractivity contribution in [3.05, 3.63) is 12.7 Å². The van der Waals surface area contributed by atoms with E-state index < -0.39 is 9.76 Å². The van der Waals surface area contributed by atoms with Crippen LogP contribution in [0.2, 0.25) is 0 Å². The Bertz CT molecular complexity index is 196. The lowest BCUT2D eigenvalue weighted by Gasteiger charge is -2.23. The standard InChI is InChI=1S/C10H20O3Si/c1-6-8(11)12-9(7-2)14-13-10(3,4)5/h6,9H,1,7,14H2,2-5H3. The molecule has 0 bridgehead atoms. The van der Waals surface area contributed by atoms with Crippen molar-refractivity contribution in [1.82, 2.24) is 0 Å². The Hall–Kier alpha value is -0.613. The zero-order chi connectivity index (χ0) is 11.2. The van der Waals surface area contributed by atoms with E-state index in [0.29, 0.717) is 0 Å². The number of carbonyl (C=O) groups excluding carboxylic acids is 1. The Labute approximate surface area is 88.4 Å². The van der Waals surface area contributed by atoms with Gasteiger partial charge in [0.25, 0.3) is 0 Å². The first-order chi connectivity index (χ1) is 6.39. The van der Waals surface area contributed by atoms with Crippen molar-refractivity contribution in [3.63, 3.8) is 0 Å². The van der Waals surface area contributed by atoms with Crippen LogP contribution in [0.15, 0.2) is 12.7 Å². The van der Waals surface area contributed by atoms with E-state index in [2.05, 4.69) is 6.58 Å². The molecule has 0 aromatic heterocycles. The third-order valence-electron chi connectivity index (χ3n) is 1.61. The molecule has 4 heteroatoms. The second-order valence-electron chi connectivity index (χ2n) is 4.09. The Balaban J connectivity index is 3.91. The summed E-state index contributed by atoms with van der Waals surface area (Å²) in [4.78, 5) is 10.9. The maximum atomic E-state index is 10.9. The fourth-order valence-electron chi connectivity index (χ4n) is 0.791. The van der Waals surface area contributed by atoms with Crippen molar-refractivity contribution < 1.29 is 14.0 Å². The maximum absolute atomic E-state index is 10.9. The van der Waals surface area contributed by atoms with Gasteiger partial charge in [0.2, 0.25) is 9.76 Å². The first-order valence-electron chi connectivity index (χ1n) is 4.86. The molecule has 0 saturated heterocycles. The molecule has 0 amide bonds. The average molecular weight is 216 g/mol. The minimum Gasteiger partial charge on any atom is -0.461 e.